The number of nitrogens with zero attached hydrogens (tertiary/aromatic N) is 2. The van der Waals surface area contributed by atoms with Crippen LogP contribution in [0.15, 0.2) is 58.5 Å². The number of carbonyl (C=O) groups excluding carboxylic acids is 1. The third-order valence-electron chi connectivity index (χ3n) is 5.97. The van der Waals surface area contributed by atoms with Gasteiger partial charge < -0.3 is 14.3 Å². The molecule has 7 nitrogen and oxygen atoms in total. The Labute approximate surface area is 196 Å². The van der Waals surface area contributed by atoms with Crippen LogP contribution in [0.3, 0.4) is 0 Å². The summed E-state index contributed by atoms with van der Waals surface area (Å²) >= 11 is 1.55. The SMILES string of the molecule is Cc1cc(-c2csc(-c3ccc(NC(=O)c4ccco4)cc3)n2)c(C)n1[C@H]1CCS(=O)(=O)C1. The number of sulfone groups is 1. The summed E-state index contributed by atoms with van der Waals surface area (Å²) in [5.74, 6) is 0.419. The molecule has 1 fully saturated rings. The summed E-state index contributed by atoms with van der Waals surface area (Å²) in [6.07, 6.45) is 2.12. The molecule has 1 N–H and O–H groups in total. The molecule has 9 heteroatoms. The van der Waals surface area contributed by atoms with Crippen molar-refractivity contribution in [2.75, 3.05) is 16.8 Å². The standard InChI is InChI=1S/C24H23N3O4S2/c1-15-12-20(16(2)27(15)19-9-11-33(29,30)14-19)21-13-32-24(26-21)17-5-7-18(8-6-17)25-23(28)22-4-3-10-31-22/h3-8,10,12-13,19H,9,11,14H2,1-2H3,(H,25,28)/t19-/m0/s1. The number of hydrogen-bond acceptors (Lipinski definition) is 6. The summed E-state index contributed by atoms with van der Waals surface area (Å²) in [6.45, 7) is 4.05. The van der Waals surface area contributed by atoms with E-state index in [0.29, 0.717) is 12.1 Å². The fraction of sp³-hybridized carbons (Fsp3) is 0.250. The Hall–Kier alpha value is -3.17. The van der Waals surface area contributed by atoms with E-state index in [1.807, 2.05) is 43.5 Å². The normalized spacial score (nSPS) is 17.3. The number of carbonyl (C=O) groups is 1. The van der Waals surface area contributed by atoms with Gasteiger partial charge in [0.2, 0.25) is 0 Å². The van der Waals surface area contributed by atoms with Gasteiger partial charge in [-0.3, -0.25) is 4.79 Å². The van der Waals surface area contributed by atoms with E-state index < -0.39 is 9.84 Å². The van der Waals surface area contributed by atoms with E-state index in [4.69, 9.17) is 9.40 Å². The van der Waals surface area contributed by atoms with Gasteiger partial charge in [0.1, 0.15) is 5.01 Å². The van der Waals surface area contributed by atoms with Crippen LogP contribution in [0, 0.1) is 13.8 Å². The lowest BCUT2D eigenvalue weighted by molar-refractivity contribution is 0.0996. The number of hydrogen-bond donors (Lipinski definition) is 1. The van der Waals surface area contributed by atoms with E-state index >= 15 is 0 Å². The van der Waals surface area contributed by atoms with Gasteiger partial charge in [-0.1, -0.05) is 0 Å². The van der Waals surface area contributed by atoms with E-state index in [2.05, 4.69) is 16.0 Å². The fourth-order valence-electron chi connectivity index (χ4n) is 4.40. The number of amides is 1. The number of benzene rings is 1. The molecule has 1 amide bonds. The molecule has 1 aromatic carbocycles. The van der Waals surface area contributed by atoms with Crippen LogP contribution in [0.25, 0.3) is 21.8 Å². The first-order valence-corrected chi connectivity index (χ1v) is 13.3. The molecule has 4 aromatic rings. The molecule has 0 aliphatic carbocycles. The first-order valence-electron chi connectivity index (χ1n) is 10.6. The van der Waals surface area contributed by atoms with Crippen LogP contribution in [0.5, 0.6) is 0 Å². The zero-order valence-corrected chi connectivity index (χ0v) is 19.9. The highest BCUT2D eigenvalue weighted by Gasteiger charge is 2.31. The molecular formula is C24H23N3O4S2. The van der Waals surface area contributed by atoms with Crippen molar-refractivity contribution < 1.29 is 17.6 Å². The molecule has 0 spiro atoms. The molecule has 3 aromatic heterocycles. The van der Waals surface area contributed by atoms with E-state index in [-0.39, 0.29) is 29.2 Å². The minimum atomic E-state index is -2.95. The molecular weight excluding hydrogens is 458 g/mol. The number of rotatable bonds is 5. The van der Waals surface area contributed by atoms with Crippen LogP contribution >= 0.6 is 11.3 Å². The Bertz CT molecular complexity index is 1410. The van der Waals surface area contributed by atoms with Crippen LogP contribution in [0.4, 0.5) is 5.69 Å². The number of furan rings is 1. The summed E-state index contributed by atoms with van der Waals surface area (Å²) in [6, 6.07) is 12.9. The Morgan fingerprint density at radius 1 is 1.21 bits per heavy atom. The Morgan fingerprint density at radius 3 is 2.67 bits per heavy atom. The smallest absolute Gasteiger partial charge is 0.291 e. The third-order valence-corrected chi connectivity index (χ3v) is 8.61. The molecule has 0 radical (unpaired) electrons. The van der Waals surface area contributed by atoms with Gasteiger partial charge in [-0.15, -0.1) is 11.3 Å². The van der Waals surface area contributed by atoms with Crippen molar-refractivity contribution in [1.29, 1.82) is 0 Å². The maximum absolute atomic E-state index is 12.1. The topological polar surface area (TPSA) is 94.2 Å². The van der Waals surface area contributed by atoms with Gasteiger partial charge in [-0.05, 0) is 62.7 Å². The lowest BCUT2D eigenvalue weighted by Crippen LogP contribution is -2.13. The fourth-order valence-corrected chi connectivity index (χ4v) is 6.93. The second-order valence-electron chi connectivity index (χ2n) is 8.26. The molecule has 0 bridgehead atoms. The van der Waals surface area contributed by atoms with Crippen molar-refractivity contribution in [1.82, 2.24) is 9.55 Å². The van der Waals surface area contributed by atoms with E-state index in [1.165, 1.54) is 6.26 Å². The highest BCUT2D eigenvalue weighted by Crippen LogP contribution is 2.35. The number of thiazole rings is 1. The molecule has 0 saturated carbocycles. The van der Waals surface area contributed by atoms with Crippen molar-refractivity contribution in [3.63, 3.8) is 0 Å². The molecule has 1 aliphatic rings. The second kappa shape index (κ2) is 8.31. The van der Waals surface area contributed by atoms with Gasteiger partial charge in [-0.25, -0.2) is 13.4 Å². The number of nitrogens with one attached hydrogen (secondary N) is 1. The Morgan fingerprint density at radius 2 is 2.00 bits per heavy atom. The van der Waals surface area contributed by atoms with Gasteiger partial charge in [0, 0.05) is 39.6 Å². The summed E-state index contributed by atoms with van der Waals surface area (Å²) < 4.78 is 31.2. The Balaban J connectivity index is 1.35. The number of aryl methyl sites for hydroxylation is 1. The first-order chi connectivity index (χ1) is 15.8. The average Bonchev–Trinajstić information content (AvgIpc) is 3.56. The van der Waals surface area contributed by atoms with Crippen LogP contribution in [-0.4, -0.2) is 35.4 Å². The summed E-state index contributed by atoms with van der Waals surface area (Å²) in [5.41, 5.74) is 5.63. The zero-order valence-electron chi connectivity index (χ0n) is 18.2. The molecule has 1 saturated heterocycles. The van der Waals surface area contributed by atoms with Gasteiger partial charge in [-0.2, -0.15) is 0 Å². The van der Waals surface area contributed by atoms with Crippen molar-refractivity contribution in [2.24, 2.45) is 0 Å². The molecule has 5 rings (SSSR count). The summed E-state index contributed by atoms with van der Waals surface area (Å²) in [4.78, 5) is 17.0. The van der Waals surface area contributed by atoms with Crippen molar-refractivity contribution in [3.05, 3.63) is 71.3 Å². The average molecular weight is 482 g/mol. The lowest BCUT2D eigenvalue weighted by atomic mass is 10.2. The van der Waals surface area contributed by atoms with Crippen molar-refractivity contribution in [3.8, 4) is 21.8 Å². The van der Waals surface area contributed by atoms with Crippen LogP contribution in [0.2, 0.25) is 0 Å². The second-order valence-corrected chi connectivity index (χ2v) is 11.3. The quantitative estimate of drug-likeness (QED) is 0.428. The van der Waals surface area contributed by atoms with E-state index in [0.717, 1.165) is 33.2 Å². The summed E-state index contributed by atoms with van der Waals surface area (Å²) in [7, 11) is -2.95. The molecule has 1 atom stereocenters. The molecule has 33 heavy (non-hydrogen) atoms. The predicted molar refractivity (Wildman–Crippen MR) is 129 cm³/mol. The highest BCUT2D eigenvalue weighted by atomic mass is 32.2. The van der Waals surface area contributed by atoms with Crippen molar-refractivity contribution >= 4 is 32.8 Å². The Kier molecular flexibility index (Phi) is 5.46. The van der Waals surface area contributed by atoms with E-state index in [1.54, 1.807) is 23.5 Å². The third kappa shape index (κ3) is 4.26. The monoisotopic (exact) mass is 481 g/mol. The largest absolute Gasteiger partial charge is 0.459 e. The van der Waals surface area contributed by atoms with Gasteiger partial charge in [0.25, 0.3) is 5.91 Å². The minimum absolute atomic E-state index is 0.00853. The molecule has 1 aliphatic heterocycles. The van der Waals surface area contributed by atoms with E-state index in [9.17, 15) is 13.2 Å². The maximum Gasteiger partial charge on any atom is 0.291 e. The minimum Gasteiger partial charge on any atom is -0.459 e. The van der Waals surface area contributed by atoms with Gasteiger partial charge >= 0.3 is 0 Å². The zero-order chi connectivity index (χ0) is 23.2. The highest BCUT2D eigenvalue weighted by molar-refractivity contribution is 7.91. The number of anilines is 1. The van der Waals surface area contributed by atoms with Crippen LogP contribution in [-0.2, 0) is 9.84 Å². The number of aromatic nitrogens is 2. The van der Waals surface area contributed by atoms with Crippen LogP contribution < -0.4 is 5.32 Å². The molecule has 4 heterocycles. The molecule has 0 unspecified atom stereocenters. The van der Waals surface area contributed by atoms with Crippen molar-refractivity contribution in [2.45, 2.75) is 26.3 Å². The van der Waals surface area contributed by atoms with Gasteiger partial charge in [0.15, 0.2) is 15.6 Å². The lowest BCUT2D eigenvalue weighted by Gasteiger charge is -2.16. The summed E-state index contributed by atoms with van der Waals surface area (Å²) in [5, 5.41) is 5.71. The molecule has 170 valence electrons. The first kappa shape index (κ1) is 21.7. The van der Waals surface area contributed by atoms with Crippen LogP contribution in [0.1, 0.15) is 34.4 Å². The predicted octanol–water partition coefficient (Wildman–Crippen LogP) is 5.10. The maximum atomic E-state index is 12.1. The van der Waals surface area contributed by atoms with Gasteiger partial charge in [0.05, 0.1) is 23.5 Å².